The maximum atomic E-state index is 14.4. The lowest BCUT2D eigenvalue weighted by Gasteiger charge is -2.67. The summed E-state index contributed by atoms with van der Waals surface area (Å²) in [7, 11) is 0. The minimum absolute atomic E-state index is 0.0166. The van der Waals surface area contributed by atoms with Crippen LogP contribution in [0.1, 0.15) is 88.4 Å². The van der Waals surface area contributed by atoms with Gasteiger partial charge < -0.3 is 47.7 Å². The number of ether oxygens (including phenoxy) is 9. The van der Waals surface area contributed by atoms with Crippen molar-refractivity contribution in [3.8, 4) is 0 Å². The Morgan fingerprint density at radius 3 is 1.98 bits per heavy atom. The van der Waals surface area contributed by atoms with Gasteiger partial charge in [-0.15, -0.1) is 0 Å². The molecule has 4 heterocycles. The van der Waals surface area contributed by atoms with Crippen LogP contribution in [0.2, 0.25) is 0 Å². The Morgan fingerprint density at radius 2 is 1.39 bits per heavy atom. The minimum atomic E-state index is -2.88. The van der Waals surface area contributed by atoms with Crippen LogP contribution in [0, 0.1) is 17.3 Å². The normalized spacial score (nSPS) is 35.0. The Morgan fingerprint density at radius 1 is 0.774 bits per heavy atom. The fourth-order valence-electron chi connectivity index (χ4n) is 9.64. The molecule has 2 aliphatic carbocycles. The molecule has 2 saturated carbocycles. The number of rotatable bonds is 8. The number of hydrogen-bond acceptors (Lipinski definition) is 20. The largest absolute Gasteiger partial charge is 0.465 e. The first-order valence-corrected chi connectivity index (χ1v) is 19.8. The molecule has 20 nitrogen and oxygen atoms in total. The number of carbonyl (C=O) groups excluding carboxylic acids is 8. The summed E-state index contributed by atoms with van der Waals surface area (Å²) in [5, 5.41) is 13.6. The highest BCUT2D eigenvalue weighted by Crippen LogP contribution is 2.70. The SMILES string of the molecule is CC(=O)OCC12C(OC(C)=O)C(OC(C)=O)C3C(OC(C)=O)C14OC3(C)COC(=O)c1cccnc1CCC(C)C(=O)OC(C(OC(=O)c1ccccn1)C2OC(C)=O)C4(C)O. The predicted molar refractivity (Wildman–Crippen MR) is 203 cm³/mol. The smallest absolute Gasteiger partial charge is 0.357 e. The summed E-state index contributed by atoms with van der Waals surface area (Å²) in [5.41, 5.74) is -10.4. The van der Waals surface area contributed by atoms with Gasteiger partial charge in [-0.3, -0.25) is 33.8 Å². The van der Waals surface area contributed by atoms with Gasteiger partial charge in [-0.25, -0.2) is 14.6 Å². The molecule has 12 unspecified atom stereocenters. The number of cyclic esters (lactones) is 1. The highest BCUT2D eigenvalue weighted by Gasteiger charge is 2.92. The molecule has 0 amide bonds. The van der Waals surface area contributed by atoms with Gasteiger partial charge in [0.2, 0.25) is 0 Å². The molecule has 1 N–H and O–H groups in total. The fourth-order valence-corrected chi connectivity index (χ4v) is 9.64. The third kappa shape index (κ3) is 7.73. The van der Waals surface area contributed by atoms with E-state index >= 15 is 0 Å². The van der Waals surface area contributed by atoms with Crippen LogP contribution in [0.5, 0.6) is 0 Å². The summed E-state index contributed by atoms with van der Waals surface area (Å²) < 4.78 is 55.2. The first kappa shape index (κ1) is 45.5. The number of aryl methyl sites for hydroxylation is 1. The summed E-state index contributed by atoms with van der Waals surface area (Å²) in [4.78, 5) is 117. The first-order valence-electron chi connectivity index (χ1n) is 19.8. The molecule has 62 heavy (non-hydrogen) atoms. The third-order valence-corrected chi connectivity index (χ3v) is 12.0. The molecule has 20 heteroatoms. The van der Waals surface area contributed by atoms with E-state index in [0.29, 0.717) is 0 Å². The third-order valence-electron chi connectivity index (χ3n) is 12.0. The highest BCUT2D eigenvalue weighted by molar-refractivity contribution is 5.90. The molecule has 12 atom stereocenters. The van der Waals surface area contributed by atoms with Gasteiger partial charge in [-0.05, 0) is 51.0 Å². The standard InChI is InChI=1S/C42H48N2O18/c1-20-14-15-27-26(12-11-17-43-27)37(51)55-18-39(7)29-30(56-22(3)46)34(58-24(5)48)41(19-54-21(2)45)35(59-25(6)49)31(60-38(52)28-13-9-10-16-44-28)33(61-36(20)50)40(8,53)42(41,62-39)32(29)57-23(4)47/h9-13,16-17,20,29-35,53H,14-15,18-19H2,1-8H3. The van der Waals surface area contributed by atoms with Gasteiger partial charge in [0.15, 0.2) is 30.0 Å². The van der Waals surface area contributed by atoms with Crippen molar-refractivity contribution < 1.29 is 86.1 Å². The van der Waals surface area contributed by atoms with Crippen LogP contribution >= 0.6 is 0 Å². The van der Waals surface area contributed by atoms with Crippen molar-refractivity contribution in [1.29, 1.82) is 0 Å². The van der Waals surface area contributed by atoms with Crippen molar-refractivity contribution >= 4 is 47.8 Å². The Balaban J connectivity index is 1.77. The second kappa shape index (κ2) is 17.0. The molecule has 2 aromatic rings. The molecule has 3 fully saturated rings. The summed E-state index contributed by atoms with van der Waals surface area (Å²) >= 11 is 0. The van der Waals surface area contributed by atoms with Gasteiger partial charge in [0, 0.05) is 47.0 Å². The number of carbonyl (C=O) groups is 8. The van der Waals surface area contributed by atoms with Crippen LogP contribution in [0.25, 0.3) is 0 Å². The maximum Gasteiger partial charge on any atom is 0.357 e. The molecular weight excluding hydrogens is 820 g/mol. The summed E-state index contributed by atoms with van der Waals surface area (Å²) in [6.07, 6.45) is -9.52. The fraction of sp³-hybridized carbons (Fsp3) is 0.571. The quantitative estimate of drug-likeness (QED) is 0.291. The number of pyridine rings is 2. The number of fused-ring (bicyclic) bond motifs is 5. The number of aliphatic hydroxyl groups is 1. The lowest BCUT2D eigenvalue weighted by molar-refractivity contribution is -0.386. The predicted octanol–water partition coefficient (Wildman–Crippen LogP) is 1.55. The molecule has 1 spiro atoms. The zero-order valence-electron chi connectivity index (χ0n) is 35.3. The van der Waals surface area contributed by atoms with Crippen molar-refractivity contribution in [2.75, 3.05) is 13.2 Å². The van der Waals surface area contributed by atoms with Crippen LogP contribution in [0.15, 0.2) is 42.7 Å². The molecule has 6 rings (SSSR count). The zero-order valence-corrected chi connectivity index (χ0v) is 35.3. The van der Waals surface area contributed by atoms with Gasteiger partial charge in [0.05, 0.1) is 23.1 Å². The molecule has 2 aromatic heterocycles. The van der Waals surface area contributed by atoms with E-state index in [4.69, 9.17) is 42.6 Å². The average molecular weight is 869 g/mol. The van der Waals surface area contributed by atoms with E-state index in [-0.39, 0.29) is 29.8 Å². The summed E-state index contributed by atoms with van der Waals surface area (Å²) in [6, 6.07) is 7.20. The zero-order chi connectivity index (χ0) is 45.5. The highest BCUT2D eigenvalue weighted by atomic mass is 16.7. The molecule has 4 bridgehead atoms. The van der Waals surface area contributed by atoms with E-state index in [0.717, 1.165) is 41.5 Å². The Hall–Kier alpha value is -6.02. The Kier molecular flexibility index (Phi) is 12.5. The molecule has 334 valence electrons. The van der Waals surface area contributed by atoms with Crippen molar-refractivity contribution in [3.05, 3.63) is 59.7 Å². The van der Waals surface area contributed by atoms with Crippen molar-refractivity contribution in [1.82, 2.24) is 9.97 Å². The van der Waals surface area contributed by atoms with Gasteiger partial charge in [-0.1, -0.05) is 13.0 Å². The topological polar surface area (TPSA) is 266 Å². The number of aromatic nitrogens is 2. The van der Waals surface area contributed by atoms with Crippen molar-refractivity contribution in [3.63, 3.8) is 0 Å². The van der Waals surface area contributed by atoms with E-state index in [2.05, 4.69) is 9.97 Å². The molecule has 1 saturated heterocycles. The van der Waals surface area contributed by atoms with Crippen LogP contribution in [0.3, 0.4) is 0 Å². The second-order valence-electron chi connectivity index (χ2n) is 16.3. The Bertz CT molecular complexity index is 2140. The van der Waals surface area contributed by atoms with Crippen molar-refractivity contribution in [2.24, 2.45) is 17.3 Å². The maximum absolute atomic E-state index is 14.4. The van der Waals surface area contributed by atoms with E-state index < -0.39 is 132 Å². The molecule has 2 aliphatic heterocycles. The van der Waals surface area contributed by atoms with E-state index in [1.165, 1.54) is 56.6 Å². The van der Waals surface area contributed by atoms with E-state index in [1.807, 2.05) is 0 Å². The summed E-state index contributed by atoms with van der Waals surface area (Å²) in [5.74, 6) is -10.9. The van der Waals surface area contributed by atoms with Gasteiger partial charge in [-0.2, -0.15) is 0 Å². The molecule has 4 aliphatic rings. The van der Waals surface area contributed by atoms with Gasteiger partial charge in [0.1, 0.15) is 47.7 Å². The van der Waals surface area contributed by atoms with Crippen LogP contribution in [0.4, 0.5) is 0 Å². The lowest BCUT2D eigenvalue weighted by Crippen LogP contribution is -2.89. The summed E-state index contributed by atoms with van der Waals surface area (Å²) in [6.45, 7) is 7.06. The first-order chi connectivity index (χ1) is 29.1. The molecule has 0 aromatic carbocycles. The lowest BCUT2D eigenvalue weighted by atomic mass is 9.45. The van der Waals surface area contributed by atoms with E-state index in [1.54, 1.807) is 0 Å². The van der Waals surface area contributed by atoms with Crippen LogP contribution in [-0.2, 0) is 77.8 Å². The van der Waals surface area contributed by atoms with Gasteiger partial charge in [0.25, 0.3) is 0 Å². The van der Waals surface area contributed by atoms with Crippen LogP contribution < -0.4 is 0 Å². The monoisotopic (exact) mass is 868 g/mol. The van der Waals surface area contributed by atoms with Crippen LogP contribution in [-0.4, -0.2) is 129 Å². The van der Waals surface area contributed by atoms with E-state index in [9.17, 15) is 43.5 Å². The minimum Gasteiger partial charge on any atom is -0.465 e. The number of hydrogen-bond donors (Lipinski definition) is 1. The number of nitrogens with zero attached hydrogens (tertiary/aromatic N) is 2. The Labute approximate surface area is 355 Å². The second-order valence-corrected chi connectivity index (χ2v) is 16.3. The van der Waals surface area contributed by atoms with Crippen molar-refractivity contribution in [2.45, 2.75) is 122 Å². The molecule has 0 radical (unpaired) electrons. The number of esters is 8. The van der Waals surface area contributed by atoms with Gasteiger partial charge >= 0.3 is 47.8 Å². The average Bonchev–Trinajstić information content (AvgIpc) is 3.41. The molecular formula is C42H48N2O18.